The second-order valence-electron chi connectivity index (χ2n) is 20.5. The van der Waals surface area contributed by atoms with Crippen molar-refractivity contribution in [1.82, 2.24) is 64.3 Å². The van der Waals surface area contributed by atoms with Crippen LogP contribution in [-0.4, -0.2) is 150 Å². The maximum absolute atomic E-state index is 15.8. The van der Waals surface area contributed by atoms with Crippen molar-refractivity contribution >= 4 is 68.3 Å². The topological polar surface area (TPSA) is 254 Å². The molecule has 2 fully saturated rings. The molecule has 4 aliphatic rings. The summed E-state index contributed by atoms with van der Waals surface area (Å²) in [6.45, 7) is 9.26. The predicted molar refractivity (Wildman–Crippen MR) is 305 cm³/mol. The lowest BCUT2D eigenvalue weighted by atomic mass is 10.1. The molecule has 2 unspecified atom stereocenters. The first-order valence-electron chi connectivity index (χ1n) is 26.8. The van der Waals surface area contributed by atoms with Gasteiger partial charge in [-0.2, -0.15) is 5.10 Å². The van der Waals surface area contributed by atoms with E-state index < -0.39 is 11.6 Å². The fourth-order valence-electron chi connectivity index (χ4n) is 10.4. The van der Waals surface area contributed by atoms with Crippen molar-refractivity contribution < 1.29 is 32.5 Å². The summed E-state index contributed by atoms with van der Waals surface area (Å²) in [5, 5.41) is 13.8. The van der Waals surface area contributed by atoms with Crippen LogP contribution in [0.15, 0.2) is 121 Å². The number of nitrogens with two attached hydrogens (primary N) is 1. The van der Waals surface area contributed by atoms with Crippen molar-refractivity contribution in [3.8, 4) is 34.5 Å². The number of aromatic nitrogens is 10. The van der Waals surface area contributed by atoms with Gasteiger partial charge in [-0.05, 0) is 56.3 Å². The normalized spacial score (nSPS) is 16.9. The third-order valence-corrected chi connectivity index (χ3v) is 14.7. The van der Waals surface area contributed by atoms with E-state index >= 15 is 8.78 Å². The Labute approximate surface area is 472 Å². The van der Waals surface area contributed by atoms with Crippen LogP contribution in [0, 0.1) is 25.5 Å². The zero-order chi connectivity index (χ0) is 56.7. The highest BCUT2D eigenvalue weighted by molar-refractivity contribution is 5.92. The number of rotatable bonds is 14. The van der Waals surface area contributed by atoms with Crippen LogP contribution in [0.1, 0.15) is 11.1 Å². The summed E-state index contributed by atoms with van der Waals surface area (Å²) < 4.78 is 59.1. The monoisotopic (exact) mass is 1120 g/mol. The summed E-state index contributed by atoms with van der Waals surface area (Å²) in [6, 6.07) is 16.3. The number of piperazine rings is 2. The number of hydrogen-bond donors (Lipinski definition) is 4. The largest absolute Gasteiger partial charge is 0.488 e. The highest BCUT2D eigenvalue weighted by Crippen LogP contribution is 2.39. The number of nitrogen functional groups attached to an aromatic ring is 1. The fourth-order valence-corrected chi connectivity index (χ4v) is 10.4. The molecule has 5 N–H and O–H groups in total. The van der Waals surface area contributed by atoms with E-state index in [2.05, 4.69) is 60.8 Å². The van der Waals surface area contributed by atoms with E-state index in [1.165, 1.54) is 35.8 Å². The Bertz CT molecular complexity index is 4140. The van der Waals surface area contributed by atoms with Gasteiger partial charge >= 0.3 is 0 Å². The molecule has 1 amide bonds. The Morgan fingerprint density at radius 2 is 1.41 bits per heavy atom. The molecule has 4 aliphatic heterocycles. The Morgan fingerprint density at radius 3 is 2.11 bits per heavy atom. The Kier molecular flexibility index (Phi) is 13.9. The zero-order valence-corrected chi connectivity index (χ0v) is 45.3. The minimum Gasteiger partial charge on any atom is -0.488 e. The van der Waals surface area contributed by atoms with E-state index in [0.717, 1.165) is 19.6 Å². The summed E-state index contributed by atoms with van der Waals surface area (Å²) in [6.07, 6.45) is 14.5. The molecule has 2 atom stereocenters. The highest BCUT2D eigenvalue weighted by atomic mass is 19.1. The van der Waals surface area contributed by atoms with E-state index in [0.29, 0.717) is 141 Å². The van der Waals surface area contributed by atoms with Gasteiger partial charge in [0.05, 0.1) is 34.5 Å². The van der Waals surface area contributed by atoms with Crippen molar-refractivity contribution in [3.05, 3.63) is 145 Å². The summed E-state index contributed by atoms with van der Waals surface area (Å²) in [7, 11) is 1.93. The minimum absolute atomic E-state index is 0.125. The summed E-state index contributed by atoms with van der Waals surface area (Å²) in [5.41, 5.74) is 4.73. The fraction of sp³-hybridized carbons (Fsp3) is 0.263. The molecule has 0 aliphatic carbocycles. The van der Waals surface area contributed by atoms with E-state index in [9.17, 15) is 4.79 Å². The zero-order valence-electron chi connectivity index (χ0n) is 45.3. The molecule has 4 bridgehead atoms. The number of amides is 1. The van der Waals surface area contributed by atoms with E-state index in [4.69, 9.17) is 34.8 Å². The number of aryl methyl sites for hydroxylation is 2. The molecule has 9 aromatic rings. The van der Waals surface area contributed by atoms with E-state index in [1.807, 2.05) is 48.9 Å². The number of pyridine rings is 4. The lowest BCUT2D eigenvalue weighted by Crippen LogP contribution is -2.56. The second-order valence-corrected chi connectivity index (χ2v) is 20.5. The SMILES string of the molecule is Cc1cc(Nc2ncnc3cc4c(nc23)N2CCNC(CO4)C2)c(F)cc1Oc1ccn(N)c(=N/C=C/CN(C)C/C=C/C(=O)N2CCN3CC2COc2cc4ncnc(Nc5cc(C)c(Oc6ccn7ncnc7c6)cc5F)c4nc23)c1. The summed E-state index contributed by atoms with van der Waals surface area (Å²) in [4.78, 5) is 58.1. The Hall–Kier alpha value is -10.1. The van der Waals surface area contributed by atoms with Gasteiger partial charge in [-0.3, -0.25) is 14.4 Å². The van der Waals surface area contributed by atoms with Crippen molar-refractivity contribution in [2.24, 2.45) is 4.99 Å². The average molecular weight is 1120 g/mol. The number of likely N-dealkylation sites (N-methyl/N-ethyl adjacent to an activating group) is 1. The molecule has 0 saturated carbocycles. The number of anilines is 6. The quantitative estimate of drug-likeness (QED) is 0.0712. The van der Waals surface area contributed by atoms with Crippen molar-refractivity contribution in [2.45, 2.75) is 25.9 Å². The molecule has 7 aromatic heterocycles. The van der Waals surface area contributed by atoms with Crippen LogP contribution in [0.4, 0.5) is 43.4 Å². The van der Waals surface area contributed by atoms with Crippen LogP contribution in [0.5, 0.6) is 34.5 Å². The molecular weight excluding hydrogens is 1070 g/mol. The number of carbonyl (C=O) groups is 1. The van der Waals surface area contributed by atoms with Crippen LogP contribution in [0.3, 0.4) is 0 Å². The van der Waals surface area contributed by atoms with Crippen molar-refractivity contribution in [3.63, 3.8) is 0 Å². The van der Waals surface area contributed by atoms with Gasteiger partial charge in [0.15, 0.2) is 45.9 Å². The maximum Gasteiger partial charge on any atom is 0.246 e. The van der Waals surface area contributed by atoms with Crippen LogP contribution in [0.25, 0.3) is 27.7 Å². The smallest absolute Gasteiger partial charge is 0.246 e. The van der Waals surface area contributed by atoms with Gasteiger partial charge in [-0.1, -0.05) is 12.2 Å². The van der Waals surface area contributed by atoms with Crippen LogP contribution in [-0.2, 0) is 4.79 Å². The molecule has 0 spiro atoms. The molecule has 13 rings (SSSR count). The average Bonchev–Trinajstić information content (AvgIpc) is 4.01. The molecule has 26 heteroatoms. The molecule has 83 heavy (non-hydrogen) atoms. The minimum atomic E-state index is -0.555. The molecule has 11 heterocycles. The van der Waals surface area contributed by atoms with Crippen LogP contribution in [0.2, 0.25) is 0 Å². The molecule has 24 nitrogen and oxygen atoms in total. The van der Waals surface area contributed by atoms with Crippen LogP contribution < -0.4 is 56.0 Å². The van der Waals surface area contributed by atoms with Crippen LogP contribution >= 0.6 is 0 Å². The Morgan fingerprint density at radius 1 is 0.771 bits per heavy atom. The molecule has 422 valence electrons. The number of nitrogens with one attached hydrogen (secondary N) is 3. The summed E-state index contributed by atoms with van der Waals surface area (Å²) in [5.74, 6) is 9.71. The van der Waals surface area contributed by atoms with E-state index in [-0.39, 0.29) is 36.0 Å². The van der Waals surface area contributed by atoms with Gasteiger partial charge in [0.25, 0.3) is 0 Å². The maximum atomic E-state index is 15.8. The lowest BCUT2D eigenvalue weighted by Gasteiger charge is -2.39. The second kappa shape index (κ2) is 22.1. The van der Waals surface area contributed by atoms with Gasteiger partial charge in [0, 0.05) is 113 Å². The number of ether oxygens (including phenoxy) is 4. The number of hydrogen-bond acceptors (Lipinski definition) is 21. The first-order chi connectivity index (χ1) is 40.4. The summed E-state index contributed by atoms with van der Waals surface area (Å²) >= 11 is 0. The first-order valence-corrected chi connectivity index (χ1v) is 26.8. The predicted octanol–water partition coefficient (Wildman–Crippen LogP) is 6.07. The van der Waals surface area contributed by atoms with Gasteiger partial charge < -0.3 is 55.4 Å². The molecule has 2 saturated heterocycles. The molecular formula is C57H55F2N19O5. The number of fused-ring (bicyclic) bond motifs is 11. The third kappa shape index (κ3) is 10.9. The third-order valence-electron chi connectivity index (χ3n) is 14.7. The lowest BCUT2D eigenvalue weighted by molar-refractivity contribution is -0.129. The van der Waals surface area contributed by atoms with E-state index in [1.54, 1.807) is 71.6 Å². The van der Waals surface area contributed by atoms with Gasteiger partial charge in [-0.25, -0.2) is 53.2 Å². The first kappa shape index (κ1) is 52.3. The molecule has 2 aromatic carbocycles. The number of nitrogens with zero attached hydrogens (tertiary/aromatic N) is 15. The van der Waals surface area contributed by atoms with Gasteiger partial charge in [0.1, 0.15) is 77.9 Å². The molecule has 0 radical (unpaired) electrons. The number of carbonyl (C=O) groups excluding carboxylic acids is 1. The van der Waals surface area contributed by atoms with Gasteiger partial charge in [0.2, 0.25) is 5.91 Å². The van der Waals surface area contributed by atoms with Crippen molar-refractivity contribution in [2.75, 3.05) is 98.9 Å². The number of benzene rings is 2. The highest BCUT2D eigenvalue weighted by Gasteiger charge is 2.35. The Balaban J connectivity index is 0.606. The van der Waals surface area contributed by atoms with Crippen molar-refractivity contribution in [1.29, 1.82) is 0 Å². The number of halogens is 2. The van der Waals surface area contributed by atoms with Gasteiger partial charge in [-0.15, -0.1) is 0 Å². The standard InChI is InChI=1S/C57H55F2N19O5/c1-33-18-41(69-54-52-43(63-30-66-54)24-47-56(71-52)74-15-10-61-35(26-74)28-80-47)39(58)22-45(33)82-37-7-13-77(60)49(20-37)62-9-5-12-73(3)11-4-6-51(79)76-17-16-75-27-36(76)29-81-48-25-44-53(72-57(48)75)55(67-31-64-44)70-42-19-34(2)46(23-40(42)59)83-38-8-14-78-50(21-38)65-32-68-78/h4-9,13-14,18-25,30-32,35-36,61H,10-12,15-17,26-29,60H2,1-3H3,(H,63,66,69)(H,64,67,70)/b6-4+,9-5+,62-49?.